The van der Waals surface area contributed by atoms with Crippen molar-refractivity contribution in [2.75, 3.05) is 14.2 Å². The van der Waals surface area contributed by atoms with Crippen LogP contribution in [0.25, 0.3) is 11.3 Å². The van der Waals surface area contributed by atoms with E-state index in [0.717, 1.165) is 22.3 Å². The minimum absolute atomic E-state index is 0.398. The Morgan fingerprint density at radius 3 is 2.71 bits per heavy atom. The molecule has 0 atom stereocenters. The second-order valence-corrected chi connectivity index (χ2v) is 6.89. The summed E-state index contributed by atoms with van der Waals surface area (Å²) in [7, 11) is 3.01. The number of hydrogen-bond donors (Lipinski definition) is 0. The third-order valence-electron chi connectivity index (χ3n) is 4.24. The van der Waals surface area contributed by atoms with Gasteiger partial charge in [0.15, 0.2) is 10.8 Å². The largest absolute Gasteiger partial charge is 0.497 e. The number of fused-ring (bicyclic) bond motifs is 1. The number of ether oxygens (including phenoxy) is 2. The van der Waals surface area contributed by atoms with Crippen molar-refractivity contribution in [1.29, 1.82) is 0 Å². The zero-order valence-corrected chi connectivity index (χ0v) is 16.2. The van der Waals surface area contributed by atoms with Gasteiger partial charge in [0, 0.05) is 36.2 Å². The Morgan fingerprint density at radius 1 is 1.14 bits per heavy atom. The minimum atomic E-state index is -0.398. The van der Waals surface area contributed by atoms with E-state index in [2.05, 4.69) is 9.97 Å². The highest BCUT2D eigenvalue weighted by molar-refractivity contribution is 7.98. The molecule has 0 aliphatic heterocycles. The van der Waals surface area contributed by atoms with Crippen LogP contribution in [0.15, 0.2) is 66.3 Å². The molecule has 0 saturated carbocycles. The summed E-state index contributed by atoms with van der Waals surface area (Å²) in [6.45, 7) is 0. The molecule has 4 rings (SSSR count). The number of hydrogen-bond acceptors (Lipinski definition) is 6. The average molecular weight is 394 g/mol. The van der Waals surface area contributed by atoms with Gasteiger partial charge in [-0.3, -0.25) is 4.57 Å². The topological polar surface area (TPSA) is 70.7 Å². The number of benzene rings is 1. The number of aromatic nitrogens is 4. The SMILES string of the molecule is COC(=O)c1cccn2cc(CSc3nccn3-c3ccc(OC)cc3)nc12. The monoisotopic (exact) mass is 394 g/mol. The van der Waals surface area contributed by atoms with Gasteiger partial charge in [0.25, 0.3) is 0 Å². The van der Waals surface area contributed by atoms with Gasteiger partial charge in [-0.1, -0.05) is 11.8 Å². The van der Waals surface area contributed by atoms with Gasteiger partial charge < -0.3 is 13.9 Å². The highest BCUT2D eigenvalue weighted by atomic mass is 32.2. The maximum atomic E-state index is 11.9. The zero-order valence-electron chi connectivity index (χ0n) is 15.4. The lowest BCUT2D eigenvalue weighted by atomic mass is 10.3. The summed E-state index contributed by atoms with van der Waals surface area (Å²) in [5.74, 6) is 1.03. The van der Waals surface area contributed by atoms with E-state index in [4.69, 9.17) is 9.47 Å². The first-order chi connectivity index (χ1) is 13.7. The van der Waals surface area contributed by atoms with Crippen LogP contribution in [0.2, 0.25) is 0 Å². The molecular weight excluding hydrogens is 376 g/mol. The van der Waals surface area contributed by atoms with Crippen molar-refractivity contribution in [3.63, 3.8) is 0 Å². The van der Waals surface area contributed by atoms with Crippen molar-refractivity contribution in [2.45, 2.75) is 10.9 Å². The molecule has 0 amide bonds. The molecule has 0 aliphatic rings. The zero-order chi connectivity index (χ0) is 19.5. The van der Waals surface area contributed by atoms with E-state index in [1.54, 1.807) is 37.2 Å². The molecule has 28 heavy (non-hydrogen) atoms. The van der Waals surface area contributed by atoms with E-state index < -0.39 is 5.97 Å². The van der Waals surface area contributed by atoms with E-state index >= 15 is 0 Å². The Kier molecular flexibility index (Phi) is 5.03. The fraction of sp³-hybridized carbons (Fsp3) is 0.150. The highest BCUT2D eigenvalue weighted by Crippen LogP contribution is 2.25. The van der Waals surface area contributed by atoms with Crippen molar-refractivity contribution in [3.05, 3.63) is 72.4 Å². The number of nitrogens with zero attached hydrogens (tertiary/aromatic N) is 4. The third kappa shape index (κ3) is 3.46. The van der Waals surface area contributed by atoms with Crippen molar-refractivity contribution in [3.8, 4) is 11.4 Å². The Labute approximate surface area is 165 Å². The maximum absolute atomic E-state index is 11.9. The minimum Gasteiger partial charge on any atom is -0.497 e. The van der Waals surface area contributed by atoms with E-state index in [-0.39, 0.29) is 0 Å². The Balaban J connectivity index is 1.55. The molecule has 0 saturated heterocycles. The summed E-state index contributed by atoms with van der Waals surface area (Å²) in [6, 6.07) is 11.3. The molecule has 142 valence electrons. The number of carbonyl (C=O) groups is 1. The van der Waals surface area contributed by atoms with Gasteiger partial charge in [0.05, 0.1) is 19.9 Å². The summed E-state index contributed by atoms with van der Waals surface area (Å²) >= 11 is 1.58. The van der Waals surface area contributed by atoms with Gasteiger partial charge in [0.1, 0.15) is 11.3 Å². The average Bonchev–Trinajstić information content (AvgIpc) is 3.37. The van der Waals surface area contributed by atoms with Crippen LogP contribution in [-0.2, 0) is 10.5 Å². The van der Waals surface area contributed by atoms with Crippen LogP contribution in [-0.4, -0.2) is 39.1 Å². The first-order valence-corrected chi connectivity index (χ1v) is 9.53. The molecular formula is C20H18N4O3S. The fourth-order valence-corrected chi connectivity index (χ4v) is 3.73. The lowest BCUT2D eigenvalue weighted by Crippen LogP contribution is -2.03. The van der Waals surface area contributed by atoms with E-state index in [1.165, 1.54) is 7.11 Å². The quantitative estimate of drug-likeness (QED) is 0.368. The van der Waals surface area contributed by atoms with Crippen LogP contribution in [0.1, 0.15) is 16.1 Å². The molecule has 0 unspecified atom stereocenters. The molecule has 8 heteroatoms. The molecule has 0 aliphatic carbocycles. The van der Waals surface area contributed by atoms with Crippen molar-refractivity contribution >= 4 is 23.4 Å². The number of imidazole rings is 2. The molecule has 4 aromatic rings. The van der Waals surface area contributed by atoms with Gasteiger partial charge in [0.2, 0.25) is 0 Å². The molecule has 3 aromatic heterocycles. The number of methoxy groups -OCH3 is 2. The lowest BCUT2D eigenvalue weighted by Gasteiger charge is -2.07. The lowest BCUT2D eigenvalue weighted by molar-refractivity contribution is 0.0602. The first kappa shape index (κ1) is 18.1. The Hall–Kier alpha value is -3.26. The number of rotatable bonds is 6. The van der Waals surface area contributed by atoms with E-state index in [0.29, 0.717) is 17.0 Å². The highest BCUT2D eigenvalue weighted by Gasteiger charge is 2.14. The number of esters is 1. The molecule has 0 N–H and O–H groups in total. The summed E-state index contributed by atoms with van der Waals surface area (Å²) < 4.78 is 13.9. The number of pyridine rings is 1. The van der Waals surface area contributed by atoms with Gasteiger partial charge in [-0.2, -0.15) is 0 Å². The molecule has 7 nitrogen and oxygen atoms in total. The summed E-state index contributed by atoms with van der Waals surface area (Å²) in [5, 5.41) is 0.857. The van der Waals surface area contributed by atoms with Crippen LogP contribution in [0.4, 0.5) is 0 Å². The second-order valence-electron chi connectivity index (χ2n) is 5.94. The van der Waals surface area contributed by atoms with Crippen molar-refractivity contribution in [2.24, 2.45) is 0 Å². The van der Waals surface area contributed by atoms with Crippen molar-refractivity contribution < 1.29 is 14.3 Å². The van der Waals surface area contributed by atoms with Gasteiger partial charge in [-0.25, -0.2) is 14.8 Å². The predicted octanol–water partition coefficient (Wildman–Crippen LogP) is 3.61. The standard InChI is InChI=1S/C20H18N4O3S/c1-26-16-7-5-15(6-8-16)24-11-9-21-20(24)28-13-14-12-23-10-3-4-17(18(23)22-14)19(25)27-2/h3-12H,13H2,1-2H3. The number of carbonyl (C=O) groups excluding carboxylic acids is 1. The van der Waals surface area contributed by atoms with Gasteiger partial charge in [-0.15, -0.1) is 0 Å². The van der Waals surface area contributed by atoms with Crippen molar-refractivity contribution in [1.82, 2.24) is 18.9 Å². The van der Waals surface area contributed by atoms with Crippen LogP contribution in [0, 0.1) is 0 Å². The third-order valence-corrected chi connectivity index (χ3v) is 5.24. The first-order valence-electron chi connectivity index (χ1n) is 8.55. The number of thioether (sulfide) groups is 1. The Morgan fingerprint density at radius 2 is 1.96 bits per heavy atom. The van der Waals surface area contributed by atoms with Crippen LogP contribution < -0.4 is 4.74 Å². The maximum Gasteiger partial charge on any atom is 0.341 e. The molecule has 0 bridgehead atoms. The second kappa shape index (κ2) is 7.77. The predicted molar refractivity (Wildman–Crippen MR) is 106 cm³/mol. The van der Waals surface area contributed by atoms with E-state index in [9.17, 15) is 4.79 Å². The summed E-state index contributed by atoms with van der Waals surface area (Å²) in [6.07, 6.45) is 7.46. The summed E-state index contributed by atoms with van der Waals surface area (Å²) in [4.78, 5) is 21.0. The molecule has 3 heterocycles. The summed E-state index contributed by atoms with van der Waals surface area (Å²) in [5.41, 5.74) is 2.89. The van der Waals surface area contributed by atoms with Gasteiger partial charge >= 0.3 is 5.97 Å². The van der Waals surface area contributed by atoms with Crippen LogP contribution >= 0.6 is 11.8 Å². The molecule has 0 spiro atoms. The molecule has 0 radical (unpaired) electrons. The van der Waals surface area contributed by atoms with Crippen LogP contribution in [0.3, 0.4) is 0 Å². The Bertz CT molecular complexity index is 1120. The smallest absolute Gasteiger partial charge is 0.341 e. The van der Waals surface area contributed by atoms with Gasteiger partial charge in [-0.05, 0) is 36.4 Å². The van der Waals surface area contributed by atoms with E-state index in [1.807, 2.05) is 51.8 Å². The molecule has 0 fully saturated rings. The normalized spacial score (nSPS) is 10.9. The fourth-order valence-electron chi connectivity index (χ4n) is 2.88. The molecule has 1 aromatic carbocycles. The van der Waals surface area contributed by atoms with Crippen LogP contribution in [0.5, 0.6) is 5.75 Å².